The highest BCUT2D eigenvalue weighted by Crippen LogP contribution is 2.15. The summed E-state index contributed by atoms with van der Waals surface area (Å²) in [7, 11) is -3.55. The first-order chi connectivity index (χ1) is 12.3. The molecule has 0 bridgehead atoms. The Bertz CT molecular complexity index is 719. The van der Waals surface area contributed by atoms with Gasteiger partial charge in [-0.2, -0.15) is 0 Å². The van der Waals surface area contributed by atoms with E-state index in [4.69, 9.17) is 4.74 Å². The van der Waals surface area contributed by atoms with Gasteiger partial charge in [0.1, 0.15) is 0 Å². The number of ether oxygens (including phenoxy) is 1. The number of sulfone groups is 1. The molecule has 0 aromatic heterocycles. The molecule has 1 atom stereocenters. The van der Waals surface area contributed by atoms with E-state index in [0.717, 1.165) is 31.2 Å². The Labute approximate surface area is 155 Å². The van der Waals surface area contributed by atoms with Gasteiger partial charge in [0, 0.05) is 13.1 Å². The zero-order chi connectivity index (χ0) is 19.2. The van der Waals surface area contributed by atoms with Crippen LogP contribution < -0.4 is 0 Å². The Morgan fingerprint density at radius 2 is 1.65 bits per heavy atom. The fourth-order valence-corrected chi connectivity index (χ4v) is 4.16. The molecule has 1 fully saturated rings. The van der Waals surface area contributed by atoms with Gasteiger partial charge < -0.3 is 9.64 Å². The molecule has 1 amide bonds. The summed E-state index contributed by atoms with van der Waals surface area (Å²) in [4.78, 5) is 26.3. The maximum Gasteiger partial charge on any atom is 0.307 e. The average Bonchev–Trinajstić information content (AvgIpc) is 2.89. The molecule has 0 radical (unpaired) electrons. The lowest BCUT2D eigenvalue weighted by molar-refractivity contribution is -0.158. The van der Waals surface area contributed by atoms with Crippen LogP contribution in [0.1, 0.15) is 44.6 Å². The number of hydrogen-bond donors (Lipinski definition) is 0. The molecule has 1 heterocycles. The number of nitrogens with zero attached hydrogens (tertiary/aromatic N) is 1. The minimum absolute atomic E-state index is 0.185. The summed E-state index contributed by atoms with van der Waals surface area (Å²) >= 11 is 0. The number of amides is 1. The monoisotopic (exact) mass is 381 g/mol. The molecule has 1 aromatic carbocycles. The van der Waals surface area contributed by atoms with Gasteiger partial charge in [-0.25, -0.2) is 8.42 Å². The summed E-state index contributed by atoms with van der Waals surface area (Å²) in [6, 6.07) is 6.49. The van der Waals surface area contributed by atoms with E-state index in [9.17, 15) is 18.0 Å². The first-order valence-corrected chi connectivity index (χ1v) is 10.7. The first kappa shape index (κ1) is 20.4. The number of likely N-dealkylation sites (tertiary alicyclic amines) is 1. The second kappa shape index (κ2) is 9.16. The minimum Gasteiger partial charge on any atom is -0.453 e. The number of esters is 1. The van der Waals surface area contributed by atoms with E-state index >= 15 is 0 Å². The molecule has 1 aliphatic heterocycles. The van der Waals surface area contributed by atoms with Crippen molar-refractivity contribution in [3.05, 3.63) is 29.8 Å². The minimum atomic E-state index is -3.55. The van der Waals surface area contributed by atoms with Crippen molar-refractivity contribution in [2.75, 3.05) is 18.8 Å². The van der Waals surface area contributed by atoms with Crippen molar-refractivity contribution in [1.82, 2.24) is 4.90 Å². The molecule has 0 spiro atoms. The fraction of sp³-hybridized carbons (Fsp3) is 0.579. The van der Waals surface area contributed by atoms with Crippen LogP contribution in [0, 0.1) is 6.92 Å². The maximum atomic E-state index is 12.4. The molecule has 2 rings (SSSR count). The molecule has 0 aliphatic carbocycles. The van der Waals surface area contributed by atoms with Gasteiger partial charge in [-0.3, -0.25) is 9.59 Å². The van der Waals surface area contributed by atoms with Crippen molar-refractivity contribution in [3.63, 3.8) is 0 Å². The van der Waals surface area contributed by atoms with Gasteiger partial charge in [0.25, 0.3) is 5.91 Å². The van der Waals surface area contributed by atoms with Crippen LogP contribution in [0.4, 0.5) is 0 Å². The summed E-state index contributed by atoms with van der Waals surface area (Å²) in [6.45, 7) is 4.78. The molecule has 1 aromatic rings. The normalized spacial score (nSPS) is 16.6. The number of aryl methyl sites for hydroxylation is 1. The molecule has 7 heteroatoms. The number of benzene rings is 1. The van der Waals surface area contributed by atoms with Crippen molar-refractivity contribution < 1.29 is 22.7 Å². The van der Waals surface area contributed by atoms with E-state index in [-0.39, 0.29) is 23.0 Å². The molecule has 6 nitrogen and oxygen atoms in total. The quantitative estimate of drug-likeness (QED) is 0.707. The second-order valence-corrected chi connectivity index (χ2v) is 8.86. The highest BCUT2D eigenvalue weighted by atomic mass is 32.2. The van der Waals surface area contributed by atoms with E-state index in [1.807, 2.05) is 6.92 Å². The van der Waals surface area contributed by atoms with Crippen LogP contribution in [0.2, 0.25) is 0 Å². The molecule has 1 saturated heterocycles. The number of hydrogen-bond acceptors (Lipinski definition) is 5. The third-order valence-corrected chi connectivity index (χ3v) is 6.26. The third kappa shape index (κ3) is 5.83. The molecule has 26 heavy (non-hydrogen) atoms. The topological polar surface area (TPSA) is 80.7 Å². The lowest BCUT2D eigenvalue weighted by Gasteiger charge is -2.24. The van der Waals surface area contributed by atoms with Gasteiger partial charge in [-0.15, -0.1) is 0 Å². The Morgan fingerprint density at radius 3 is 2.23 bits per heavy atom. The van der Waals surface area contributed by atoms with E-state index in [1.165, 1.54) is 12.1 Å². The van der Waals surface area contributed by atoms with Gasteiger partial charge in [-0.05, 0) is 38.8 Å². The van der Waals surface area contributed by atoms with Gasteiger partial charge >= 0.3 is 5.97 Å². The predicted molar refractivity (Wildman–Crippen MR) is 98.5 cm³/mol. The van der Waals surface area contributed by atoms with Crippen LogP contribution in [0.5, 0.6) is 0 Å². The number of carbonyl (C=O) groups is 2. The molecule has 144 valence electrons. The zero-order valence-electron chi connectivity index (χ0n) is 15.4. The fourth-order valence-electron chi connectivity index (χ4n) is 2.94. The summed E-state index contributed by atoms with van der Waals surface area (Å²) in [5.74, 6) is -1.21. The van der Waals surface area contributed by atoms with E-state index in [0.29, 0.717) is 13.1 Å². The summed E-state index contributed by atoms with van der Waals surface area (Å²) < 4.78 is 29.7. The van der Waals surface area contributed by atoms with Crippen molar-refractivity contribution in [3.8, 4) is 0 Å². The van der Waals surface area contributed by atoms with Gasteiger partial charge in [0.05, 0.1) is 17.1 Å². The average molecular weight is 381 g/mol. The van der Waals surface area contributed by atoms with Crippen LogP contribution >= 0.6 is 0 Å². The van der Waals surface area contributed by atoms with Crippen molar-refractivity contribution in [1.29, 1.82) is 0 Å². The zero-order valence-corrected chi connectivity index (χ0v) is 16.3. The largest absolute Gasteiger partial charge is 0.453 e. The third-order valence-electron chi connectivity index (χ3n) is 4.53. The van der Waals surface area contributed by atoms with E-state index in [1.54, 1.807) is 24.0 Å². The van der Waals surface area contributed by atoms with Crippen LogP contribution in [0.25, 0.3) is 0 Å². The summed E-state index contributed by atoms with van der Waals surface area (Å²) in [5, 5.41) is 0. The molecule has 1 aliphatic rings. The van der Waals surface area contributed by atoms with Crippen LogP contribution in [-0.2, 0) is 24.2 Å². The van der Waals surface area contributed by atoms with Crippen LogP contribution in [0.3, 0.4) is 0 Å². The first-order valence-electron chi connectivity index (χ1n) is 9.07. The Balaban J connectivity index is 1.85. The maximum absolute atomic E-state index is 12.4. The van der Waals surface area contributed by atoms with Crippen molar-refractivity contribution in [2.45, 2.75) is 57.0 Å². The molecular formula is C19H27NO5S. The molecule has 0 saturated carbocycles. The van der Waals surface area contributed by atoms with Crippen LogP contribution in [-0.4, -0.2) is 50.1 Å². The van der Waals surface area contributed by atoms with Crippen molar-refractivity contribution in [2.24, 2.45) is 0 Å². The molecular weight excluding hydrogens is 354 g/mol. The Morgan fingerprint density at radius 1 is 1.08 bits per heavy atom. The van der Waals surface area contributed by atoms with E-state index < -0.39 is 21.9 Å². The molecule has 0 N–H and O–H groups in total. The summed E-state index contributed by atoms with van der Waals surface area (Å²) in [6.07, 6.45) is 2.97. The Hall–Kier alpha value is -1.89. The highest BCUT2D eigenvalue weighted by molar-refractivity contribution is 7.91. The summed E-state index contributed by atoms with van der Waals surface area (Å²) in [5.41, 5.74) is 0.962. The SMILES string of the molecule is Cc1ccc(S(=O)(=O)CCC(=O)OC(C)C(=O)N2CCCCCC2)cc1. The van der Waals surface area contributed by atoms with Crippen LogP contribution in [0.15, 0.2) is 29.2 Å². The van der Waals surface area contributed by atoms with Gasteiger partial charge in [0.15, 0.2) is 15.9 Å². The smallest absolute Gasteiger partial charge is 0.307 e. The second-order valence-electron chi connectivity index (χ2n) is 6.75. The highest BCUT2D eigenvalue weighted by Gasteiger charge is 2.25. The Kier molecular flexibility index (Phi) is 7.20. The van der Waals surface area contributed by atoms with Gasteiger partial charge in [0.2, 0.25) is 0 Å². The predicted octanol–water partition coefficient (Wildman–Crippen LogP) is 2.49. The van der Waals surface area contributed by atoms with E-state index in [2.05, 4.69) is 0 Å². The number of rotatable bonds is 6. The van der Waals surface area contributed by atoms with Gasteiger partial charge in [-0.1, -0.05) is 30.5 Å². The number of carbonyl (C=O) groups excluding carboxylic acids is 2. The lowest BCUT2D eigenvalue weighted by atomic mass is 10.2. The lowest BCUT2D eigenvalue weighted by Crippen LogP contribution is -2.40. The van der Waals surface area contributed by atoms with Crippen molar-refractivity contribution >= 4 is 21.7 Å². The standard InChI is InChI=1S/C19H27NO5S/c1-15-7-9-17(10-8-15)26(23,24)14-11-18(21)25-16(2)19(22)20-12-5-3-4-6-13-20/h7-10,16H,3-6,11-14H2,1-2H3. The molecule has 1 unspecified atom stereocenters.